The van der Waals surface area contributed by atoms with Crippen molar-refractivity contribution >= 4 is 5.97 Å². The quantitative estimate of drug-likeness (QED) is 0.862. The molecular weight excluding hydrogens is 244 g/mol. The molecule has 0 spiro atoms. The van der Waals surface area contributed by atoms with Gasteiger partial charge in [0, 0.05) is 12.0 Å². The fourth-order valence-corrected chi connectivity index (χ4v) is 1.93. The lowest BCUT2D eigenvalue weighted by molar-refractivity contribution is -0.136. The van der Waals surface area contributed by atoms with Crippen LogP contribution in [0.4, 0.5) is 0 Å². The first kappa shape index (κ1) is 13.1. The summed E-state index contributed by atoms with van der Waals surface area (Å²) in [6.07, 6.45) is 2.17. The van der Waals surface area contributed by atoms with Gasteiger partial charge in [0.1, 0.15) is 0 Å². The topological polar surface area (TPSA) is 64.3 Å². The van der Waals surface area contributed by atoms with Crippen LogP contribution >= 0.6 is 0 Å². The molecule has 2 rings (SSSR count). The molecule has 1 heterocycles. The molecule has 19 heavy (non-hydrogen) atoms. The first-order chi connectivity index (χ1) is 9.20. The van der Waals surface area contributed by atoms with Gasteiger partial charge in [-0.05, 0) is 12.0 Å². The highest BCUT2D eigenvalue weighted by Crippen LogP contribution is 2.20. The second kappa shape index (κ2) is 6.04. The van der Waals surface area contributed by atoms with Crippen LogP contribution in [0.15, 0.2) is 36.5 Å². The molecule has 0 atom stereocenters. The third-order valence-electron chi connectivity index (χ3n) is 2.84. The van der Waals surface area contributed by atoms with Crippen LogP contribution in [-0.4, -0.2) is 28.0 Å². The number of methoxy groups -OCH3 is 1. The van der Waals surface area contributed by atoms with Gasteiger partial charge in [0.15, 0.2) is 0 Å². The van der Waals surface area contributed by atoms with Crippen LogP contribution in [0.3, 0.4) is 0 Å². The maximum absolute atomic E-state index is 10.6. The molecule has 0 aliphatic rings. The highest BCUT2D eigenvalue weighted by molar-refractivity contribution is 5.67. The van der Waals surface area contributed by atoms with E-state index in [0.29, 0.717) is 18.8 Å². The number of nitrogens with zero attached hydrogens (tertiary/aromatic N) is 2. The molecule has 5 nitrogen and oxygen atoms in total. The van der Waals surface area contributed by atoms with Crippen LogP contribution < -0.4 is 4.74 Å². The van der Waals surface area contributed by atoms with Crippen LogP contribution in [0.25, 0.3) is 0 Å². The Morgan fingerprint density at radius 2 is 2.11 bits per heavy atom. The number of rotatable bonds is 6. The highest BCUT2D eigenvalue weighted by Gasteiger charge is 2.12. The summed E-state index contributed by atoms with van der Waals surface area (Å²) in [6.45, 7) is 0.608. The second-order valence-corrected chi connectivity index (χ2v) is 4.22. The molecular formula is C14H16N2O3. The van der Waals surface area contributed by atoms with E-state index >= 15 is 0 Å². The van der Waals surface area contributed by atoms with E-state index in [9.17, 15) is 4.79 Å². The summed E-state index contributed by atoms with van der Waals surface area (Å²) in [6, 6.07) is 9.92. The molecule has 0 aliphatic heterocycles. The standard InChI is InChI=1S/C14H16N2O3/c1-19-14-12(7-8-13(17)18)9-15-16(14)10-11-5-3-2-4-6-11/h2-6,9H,7-8,10H2,1H3,(H,17,18). The Hall–Kier alpha value is -2.30. The second-order valence-electron chi connectivity index (χ2n) is 4.22. The first-order valence-electron chi connectivity index (χ1n) is 6.05. The minimum atomic E-state index is -0.821. The monoisotopic (exact) mass is 260 g/mol. The van der Waals surface area contributed by atoms with E-state index in [1.807, 2.05) is 30.3 Å². The molecule has 5 heteroatoms. The number of aromatic nitrogens is 2. The summed E-state index contributed by atoms with van der Waals surface area (Å²) in [5.74, 6) is -0.192. The summed E-state index contributed by atoms with van der Waals surface area (Å²) in [5, 5.41) is 13.0. The highest BCUT2D eigenvalue weighted by atomic mass is 16.5. The van der Waals surface area contributed by atoms with Crippen molar-refractivity contribution in [3.05, 3.63) is 47.7 Å². The molecule has 0 saturated heterocycles. The Labute approximate surface area is 111 Å². The number of aryl methyl sites for hydroxylation is 1. The third-order valence-corrected chi connectivity index (χ3v) is 2.84. The van der Waals surface area contributed by atoms with Crippen LogP contribution in [0.5, 0.6) is 5.88 Å². The van der Waals surface area contributed by atoms with Crippen LogP contribution in [0.2, 0.25) is 0 Å². The van der Waals surface area contributed by atoms with Gasteiger partial charge >= 0.3 is 5.97 Å². The van der Waals surface area contributed by atoms with E-state index in [1.165, 1.54) is 0 Å². The number of ether oxygens (including phenoxy) is 1. The molecule has 0 radical (unpaired) electrons. The van der Waals surface area contributed by atoms with E-state index in [-0.39, 0.29) is 6.42 Å². The Kier molecular flexibility index (Phi) is 4.18. The molecule has 1 aromatic carbocycles. The zero-order chi connectivity index (χ0) is 13.7. The molecule has 1 N–H and O–H groups in total. The van der Waals surface area contributed by atoms with Crippen LogP contribution in [-0.2, 0) is 17.8 Å². The number of carboxylic acids is 1. The van der Waals surface area contributed by atoms with E-state index in [1.54, 1.807) is 18.0 Å². The zero-order valence-corrected chi connectivity index (χ0v) is 10.7. The van der Waals surface area contributed by atoms with Crippen molar-refractivity contribution < 1.29 is 14.6 Å². The van der Waals surface area contributed by atoms with Gasteiger partial charge in [0.2, 0.25) is 5.88 Å². The van der Waals surface area contributed by atoms with Crippen molar-refractivity contribution in [3.63, 3.8) is 0 Å². The van der Waals surface area contributed by atoms with Crippen LogP contribution in [0, 0.1) is 0 Å². The smallest absolute Gasteiger partial charge is 0.303 e. The number of aliphatic carboxylic acids is 1. The number of carbonyl (C=O) groups is 1. The molecule has 100 valence electrons. The molecule has 0 saturated carbocycles. The van der Waals surface area contributed by atoms with Crippen molar-refractivity contribution in [2.24, 2.45) is 0 Å². The molecule has 0 bridgehead atoms. The van der Waals surface area contributed by atoms with E-state index in [4.69, 9.17) is 9.84 Å². The van der Waals surface area contributed by atoms with Crippen molar-refractivity contribution in [1.29, 1.82) is 0 Å². The van der Waals surface area contributed by atoms with Crippen molar-refractivity contribution in [3.8, 4) is 5.88 Å². The minimum absolute atomic E-state index is 0.0768. The zero-order valence-electron chi connectivity index (χ0n) is 10.7. The predicted molar refractivity (Wildman–Crippen MR) is 70.3 cm³/mol. The Bertz CT molecular complexity index is 549. The maximum atomic E-state index is 10.6. The van der Waals surface area contributed by atoms with E-state index < -0.39 is 5.97 Å². The summed E-state index contributed by atoms with van der Waals surface area (Å²) in [7, 11) is 1.57. The van der Waals surface area contributed by atoms with Gasteiger partial charge in [-0.15, -0.1) is 0 Å². The van der Waals surface area contributed by atoms with Crippen molar-refractivity contribution in [2.45, 2.75) is 19.4 Å². The average Bonchev–Trinajstić information content (AvgIpc) is 2.79. The molecule has 0 unspecified atom stereocenters. The summed E-state index contributed by atoms with van der Waals surface area (Å²) < 4.78 is 7.07. The lowest BCUT2D eigenvalue weighted by Gasteiger charge is -2.08. The van der Waals surface area contributed by atoms with Crippen molar-refractivity contribution in [1.82, 2.24) is 9.78 Å². The van der Waals surface area contributed by atoms with Gasteiger partial charge in [-0.1, -0.05) is 30.3 Å². The Balaban J connectivity index is 2.15. The molecule has 2 aromatic rings. The number of hydrogen-bond acceptors (Lipinski definition) is 3. The molecule has 0 aliphatic carbocycles. The fraction of sp³-hybridized carbons (Fsp3) is 0.286. The van der Waals surface area contributed by atoms with Crippen molar-refractivity contribution in [2.75, 3.05) is 7.11 Å². The summed E-state index contributed by atoms with van der Waals surface area (Å²) in [5.41, 5.74) is 1.94. The largest absolute Gasteiger partial charge is 0.481 e. The average molecular weight is 260 g/mol. The number of carboxylic acid groups (broad SMARTS) is 1. The van der Waals surface area contributed by atoms with Gasteiger partial charge in [-0.25, -0.2) is 4.68 Å². The van der Waals surface area contributed by atoms with E-state index in [0.717, 1.165) is 11.1 Å². The normalized spacial score (nSPS) is 10.4. The first-order valence-corrected chi connectivity index (χ1v) is 6.05. The number of benzene rings is 1. The molecule has 1 aromatic heterocycles. The minimum Gasteiger partial charge on any atom is -0.481 e. The van der Waals surface area contributed by atoms with Crippen LogP contribution in [0.1, 0.15) is 17.5 Å². The third kappa shape index (κ3) is 3.34. The Morgan fingerprint density at radius 1 is 1.37 bits per heavy atom. The maximum Gasteiger partial charge on any atom is 0.303 e. The van der Waals surface area contributed by atoms with E-state index in [2.05, 4.69) is 5.10 Å². The summed E-state index contributed by atoms with van der Waals surface area (Å²) in [4.78, 5) is 10.6. The molecule has 0 amide bonds. The lowest BCUT2D eigenvalue weighted by atomic mass is 10.2. The predicted octanol–water partition coefficient (Wildman–Crippen LogP) is 1.96. The Morgan fingerprint density at radius 3 is 2.74 bits per heavy atom. The molecule has 0 fully saturated rings. The van der Waals surface area contributed by atoms with Gasteiger partial charge < -0.3 is 9.84 Å². The van der Waals surface area contributed by atoms with Gasteiger partial charge in [0.05, 0.1) is 19.9 Å². The fourth-order valence-electron chi connectivity index (χ4n) is 1.93. The summed E-state index contributed by atoms with van der Waals surface area (Å²) >= 11 is 0. The SMILES string of the molecule is COc1c(CCC(=O)O)cnn1Cc1ccccc1. The van der Waals surface area contributed by atoms with Gasteiger partial charge in [-0.2, -0.15) is 5.10 Å². The number of hydrogen-bond donors (Lipinski definition) is 1. The van der Waals surface area contributed by atoms with Gasteiger partial charge in [-0.3, -0.25) is 4.79 Å². The lowest BCUT2D eigenvalue weighted by Crippen LogP contribution is -2.05. The van der Waals surface area contributed by atoms with Gasteiger partial charge in [0.25, 0.3) is 0 Å².